The van der Waals surface area contributed by atoms with Crippen molar-refractivity contribution in [3.8, 4) is 11.5 Å². The highest BCUT2D eigenvalue weighted by Gasteiger charge is 2.26. The summed E-state index contributed by atoms with van der Waals surface area (Å²) in [5, 5.41) is 0. The number of nitrogens with two attached hydrogens (primary N) is 1. The molecule has 1 atom stereocenters. The van der Waals surface area contributed by atoms with E-state index in [1.807, 2.05) is 12.1 Å². The fourth-order valence-corrected chi connectivity index (χ4v) is 1.86. The minimum Gasteiger partial charge on any atom is -0.496 e. The number of hydrogen-bond acceptors (Lipinski definition) is 3. The highest BCUT2D eigenvalue weighted by Crippen LogP contribution is 2.40. The van der Waals surface area contributed by atoms with Gasteiger partial charge in [-0.15, -0.1) is 0 Å². The molecule has 1 heterocycles. The second-order valence-electron chi connectivity index (χ2n) is 3.44. The van der Waals surface area contributed by atoms with Crippen molar-refractivity contribution in [1.29, 1.82) is 0 Å². The van der Waals surface area contributed by atoms with E-state index in [9.17, 15) is 0 Å². The number of benzene rings is 1. The van der Waals surface area contributed by atoms with E-state index in [0.29, 0.717) is 6.61 Å². The fourth-order valence-electron chi connectivity index (χ4n) is 1.86. The molecule has 1 aromatic carbocycles. The van der Waals surface area contributed by atoms with Crippen LogP contribution in [0.2, 0.25) is 0 Å². The molecule has 1 aliphatic rings. The van der Waals surface area contributed by atoms with Crippen molar-refractivity contribution < 1.29 is 9.47 Å². The lowest BCUT2D eigenvalue weighted by molar-refractivity contribution is 0.330. The molecule has 0 aromatic heterocycles. The van der Waals surface area contributed by atoms with E-state index >= 15 is 0 Å². The summed E-state index contributed by atoms with van der Waals surface area (Å²) in [6, 6.07) is 3.95. The molecule has 1 unspecified atom stereocenters. The maximum Gasteiger partial charge on any atom is 0.131 e. The Morgan fingerprint density at radius 3 is 3.00 bits per heavy atom. The molecule has 0 saturated carbocycles. The molecule has 1 aromatic rings. The lowest BCUT2D eigenvalue weighted by Crippen LogP contribution is -2.11. The topological polar surface area (TPSA) is 44.5 Å². The number of ether oxygens (including phenoxy) is 2. The highest BCUT2D eigenvalue weighted by molar-refractivity contribution is 5.54. The van der Waals surface area contributed by atoms with Crippen LogP contribution in [0.5, 0.6) is 11.5 Å². The van der Waals surface area contributed by atoms with Gasteiger partial charge < -0.3 is 15.2 Å². The van der Waals surface area contributed by atoms with Gasteiger partial charge in [0, 0.05) is 0 Å². The molecular formula is C11H15NO2. The van der Waals surface area contributed by atoms with E-state index in [1.54, 1.807) is 7.11 Å². The number of fused-ring (bicyclic) bond motifs is 1. The molecule has 3 nitrogen and oxygen atoms in total. The van der Waals surface area contributed by atoms with E-state index in [1.165, 1.54) is 5.56 Å². The van der Waals surface area contributed by atoms with Gasteiger partial charge in [-0.3, -0.25) is 0 Å². The standard InChI is InChI=1S/C11H15NO2/c1-3-7-4-5-9(13-2)10-8(12)6-14-11(7)10/h4-5,8H,3,6,12H2,1-2H3. The third-order valence-electron chi connectivity index (χ3n) is 2.62. The van der Waals surface area contributed by atoms with Crippen LogP contribution in [0, 0.1) is 0 Å². The van der Waals surface area contributed by atoms with Crippen LogP contribution in [0.1, 0.15) is 24.1 Å². The monoisotopic (exact) mass is 193 g/mol. The Bertz CT molecular complexity index is 349. The Kier molecular flexibility index (Phi) is 2.33. The van der Waals surface area contributed by atoms with Crippen LogP contribution in [-0.4, -0.2) is 13.7 Å². The second-order valence-corrected chi connectivity index (χ2v) is 3.44. The molecule has 3 heteroatoms. The molecule has 76 valence electrons. The Morgan fingerprint density at radius 2 is 2.36 bits per heavy atom. The lowest BCUT2D eigenvalue weighted by Gasteiger charge is -2.10. The fraction of sp³-hybridized carbons (Fsp3) is 0.455. The third kappa shape index (κ3) is 1.24. The van der Waals surface area contributed by atoms with Gasteiger partial charge in [0.05, 0.1) is 18.7 Å². The molecule has 0 amide bonds. The van der Waals surface area contributed by atoms with Gasteiger partial charge >= 0.3 is 0 Å². The summed E-state index contributed by atoms with van der Waals surface area (Å²) in [5.41, 5.74) is 8.16. The summed E-state index contributed by atoms with van der Waals surface area (Å²) >= 11 is 0. The van der Waals surface area contributed by atoms with E-state index in [-0.39, 0.29) is 6.04 Å². The number of aryl methyl sites for hydroxylation is 1. The van der Waals surface area contributed by atoms with Gasteiger partial charge in [0.25, 0.3) is 0 Å². The average Bonchev–Trinajstić information content (AvgIpc) is 2.60. The molecule has 14 heavy (non-hydrogen) atoms. The average molecular weight is 193 g/mol. The van der Waals surface area contributed by atoms with Crippen LogP contribution in [0.15, 0.2) is 12.1 Å². The summed E-state index contributed by atoms with van der Waals surface area (Å²) in [7, 11) is 1.66. The first-order valence-electron chi connectivity index (χ1n) is 4.86. The van der Waals surface area contributed by atoms with Crippen molar-refractivity contribution in [3.05, 3.63) is 23.3 Å². The van der Waals surface area contributed by atoms with Gasteiger partial charge in [-0.1, -0.05) is 13.0 Å². The smallest absolute Gasteiger partial charge is 0.131 e. The lowest BCUT2D eigenvalue weighted by atomic mass is 10.0. The van der Waals surface area contributed by atoms with E-state index < -0.39 is 0 Å². The molecule has 0 radical (unpaired) electrons. The first-order chi connectivity index (χ1) is 6.77. The molecule has 2 N–H and O–H groups in total. The van der Waals surface area contributed by atoms with Crippen LogP contribution in [-0.2, 0) is 6.42 Å². The normalized spacial score (nSPS) is 18.9. The first-order valence-corrected chi connectivity index (χ1v) is 4.86. The molecule has 0 spiro atoms. The Morgan fingerprint density at radius 1 is 1.57 bits per heavy atom. The predicted octanol–water partition coefficient (Wildman–Crippen LogP) is 1.65. The summed E-state index contributed by atoms with van der Waals surface area (Å²) in [4.78, 5) is 0. The van der Waals surface area contributed by atoms with Gasteiger partial charge in [-0.25, -0.2) is 0 Å². The van der Waals surface area contributed by atoms with Crippen LogP contribution >= 0.6 is 0 Å². The van der Waals surface area contributed by atoms with Crippen LogP contribution in [0.3, 0.4) is 0 Å². The largest absolute Gasteiger partial charge is 0.496 e. The number of methoxy groups -OCH3 is 1. The maximum absolute atomic E-state index is 5.94. The molecule has 1 aliphatic heterocycles. The zero-order chi connectivity index (χ0) is 10.1. The third-order valence-corrected chi connectivity index (χ3v) is 2.62. The minimum atomic E-state index is -0.0496. The van der Waals surface area contributed by atoms with Crippen molar-refractivity contribution in [3.63, 3.8) is 0 Å². The van der Waals surface area contributed by atoms with Gasteiger partial charge in [0.2, 0.25) is 0 Å². The first kappa shape index (κ1) is 9.34. The zero-order valence-electron chi connectivity index (χ0n) is 8.54. The Labute approximate surface area is 83.8 Å². The van der Waals surface area contributed by atoms with E-state index in [0.717, 1.165) is 23.5 Å². The Hall–Kier alpha value is -1.22. The van der Waals surface area contributed by atoms with Crippen molar-refractivity contribution in [2.45, 2.75) is 19.4 Å². The summed E-state index contributed by atoms with van der Waals surface area (Å²) in [6.07, 6.45) is 0.957. The Balaban J connectivity index is 2.56. The molecule has 0 saturated heterocycles. The van der Waals surface area contributed by atoms with Gasteiger partial charge in [0.15, 0.2) is 0 Å². The van der Waals surface area contributed by atoms with Crippen molar-refractivity contribution in [2.24, 2.45) is 5.73 Å². The van der Waals surface area contributed by atoms with E-state index in [2.05, 4.69) is 6.92 Å². The van der Waals surface area contributed by atoms with Crippen LogP contribution in [0.25, 0.3) is 0 Å². The van der Waals surface area contributed by atoms with Gasteiger partial charge in [0.1, 0.15) is 18.1 Å². The summed E-state index contributed by atoms with van der Waals surface area (Å²) < 4.78 is 10.8. The van der Waals surface area contributed by atoms with Crippen LogP contribution < -0.4 is 15.2 Å². The van der Waals surface area contributed by atoms with Crippen molar-refractivity contribution in [2.75, 3.05) is 13.7 Å². The number of hydrogen-bond donors (Lipinski definition) is 1. The maximum atomic E-state index is 5.94. The minimum absolute atomic E-state index is 0.0496. The van der Waals surface area contributed by atoms with E-state index in [4.69, 9.17) is 15.2 Å². The zero-order valence-corrected chi connectivity index (χ0v) is 8.54. The summed E-state index contributed by atoms with van der Waals surface area (Å²) in [6.45, 7) is 2.66. The van der Waals surface area contributed by atoms with Gasteiger partial charge in [-0.2, -0.15) is 0 Å². The van der Waals surface area contributed by atoms with Crippen molar-refractivity contribution in [1.82, 2.24) is 0 Å². The second kappa shape index (κ2) is 3.50. The van der Waals surface area contributed by atoms with Gasteiger partial charge in [-0.05, 0) is 18.1 Å². The van der Waals surface area contributed by atoms with Crippen LogP contribution in [0.4, 0.5) is 0 Å². The molecule has 0 fully saturated rings. The molecular weight excluding hydrogens is 178 g/mol. The predicted molar refractivity (Wildman–Crippen MR) is 54.8 cm³/mol. The number of rotatable bonds is 2. The van der Waals surface area contributed by atoms with Crippen molar-refractivity contribution >= 4 is 0 Å². The molecule has 0 aliphatic carbocycles. The summed E-state index contributed by atoms with van der Waals surface area (Å²) in [5.74, 6) is 1.77. The SMILES string of the molecule is CCc1ccc(OC)c2c1OCC2N. The quantitative estimate of drug-likeness (QED) is 0.776. The molecule has 0 bridgehead atoms. The molecule has 2 rings (SSSR count). The highest BCUT2D eigenvalue weighted by atomic mass is 16.5.